The lowest BCUT2D eigenvalue weighted by Gasteiger charge is -2.13. The molecule has 8 nitrogen and oxygen atoms in total. The first kappa shape index (κ1) is 72.5. The van der Waals surface area contributed by atoms with Crippen molar-refractivity contribution in [2.75, 3.05) is 0 Å². The van der Waals surface area contributed by atoms with Crippen molar-refractivity contribution in [3.8, 4) is 67.5 Å². The monoisotopic (exact) mass is 1580 g/mol. The molecule has 8 heterocycles. The quantitative estimate of drug-likeness (QED) is 0.152. The van der Waals surface area contributed by atoms with Crippen molar-refractivity contribution in [3.63, 3.8) is 0 Å². The summed E-state index contributed by atoms with van der Waals surface area (Å²) in [5, 5.41) is 32.7. The maximum Gasteiger partial charge on any atom is 0.0810 e. The number of hydrogen-bond donors (Lipinski definition) is 0. The minimum atomic E-state index is 0.957. The highest BCUT2D eigenvalue weighted by Crippen LogP contribution is 2.44. The summed E-state index contributed by atoms with van der Waals surface area (Å²) in [5.74, 6) is 0. The molecule has 0 unspecified atom stereocenters. The van der Waals surface area contributed by atoms with Gasteiger partial charge in [-0.05, 0) is 131 Å². The van der Waals surface area contributed by atoms with Crippen LogP contribution in [0, 0.1) is 0 Å². The Morgan fingerprint density at radius 1 is 0.153 bits per heavy atom. The fourth-order valence-corrected chi connectivity index (χ4v) is 18.6. The zero-order valence-electron chi connectivity index (χ0n) is 67.1. The number of benzene rings is 18. The van der Waals surface area contributed by atoms with E-state index in [-0.39, 0.29) is 0 Å². The predicted molar refractivity (Wildman–Crippen MR) is 521 cm³/mol. The number of para-hydroxylation sites is 5. The molecule has 0 amide bonds. The molecule has 0 bridgehead atoms. The Bertz CT molecular complexity index is 8700. The molecule has 0 saturated carbocycles. The van der Waals surface area contributed by atoms with Gasteiger partial charge in [0.25, 0.3) is 0 Å². The number of hydrogen-bond acceptors (Lipinski definition) is 8. The molecule has 18 aromatic carbocycles. The molecule has 0 aliphatic heterocycles. The molecule has 0 N–H and O–H groups in total. The van der Waals surface area contributed by atoms with Crippen LogP contribution in [0.4, 0.5) is 0 Å². The number of pyridine rings is 8. The topological polar surface area (TPSA) is 103 Å². The Kier molecular flexibility index (Phi) is 18.1. The SMILES string of the molecule is c1ccc2c(-c3cc(-c4nc5ccccc5c5c4ccc4ccccc45)ccn3)cccc2c1.c1ccc2c(-c3ccc(-c4nc5ccccc5c5c4ccc4ccccc45)cn3)cccc2c1.c1ccc2c(-c3nc4ccccc4c4c3ccc3ccccc34)cncc2c1.c1ccc2ncc(-c3nc4ccccc4c4c3ccc3ccccc34)cc2c1. The molecule has 8 heteroatoms. The van der Waals surface area contributed by atoms with E-state index in [1.807, 2.05) is 55.2 Å². The van der Waals surface area contributed by atoms with E-state index < -0.39 is 0 Å². The number of rotatable bonds is 6. The number of nitrogens with zero attached hydrogens (tertiary/aromatic N) is 8. The van der Waals surface area contributed by atoms with Crippen LogP contribution in [0.1, 0.15) is 0 Å². The van der Waals surface area contributed by atoms with E-state index in [0.29, 0.717) is 0 Å². The summed E-state index contributed by atoms with van der Waals surface area (Å²) in [6, 6.07) is 142. The van der Waals surface area contributed by atoms with Gasteiger partial charge in [-0.2, -0.15) is 0 Å². The Balaban J connectivity index is 0.0000000959. The molecule has 0 saturated heterocycles. The summed E-state index contributed by atoms with van der Waals surface area (Å²) in [7, 11) is 0. The first-order valence-electron chi connectivity index (χ1n) is 41.9. The summed E-state index contributed by atoms with van der Waals surface area (Å²) < 4.78 is 0. The molecule has 124 heavy (non-hydrogen) atoms. The van der Waals surface area contributed by atoms with Crippen LogP contribution >= 0.6 is 0 Å². The molecule has 26 rings (SSSR count). The third-order valence-corrected chi connectivity index (χ3v) is 24.3. The van der Waals surface area contributed by atoms with Crippen LogP contribution in [0.25, 0.3) is 241 Å². The Morgan fingerprint density at radius 2 is 0.484 bits per heavy atom. The van der Waals surface area contributed by atoms with Gasteiger partial charge in [-0.1, -0.05) is 346 Å². The molecule has 0 atom stereocenters. The highest BCUT2D eigenvalue weighted by Gasteiger charge is 2.21. The minimum absolute atomic E-state index is 0.957. The molecule has 26 aromatic rings. The zero-order chi connectivity index (χ0) is 82.0. The van der Waals surface area contributed by atoms with Crippen molar-refractivity contribution >= 4 is 173 Å². The highest BCUT2D eigenvalue weighted by atomic mass is 14.8. The second-order valence-electron chi connectivity index (χ2n) is 31.5. The van der Waals surface area contributed by atoms with E-state index in [9.17, 15) is 0 Å². The first-order valence-corrected chi connectivity index (χ1v) is 41.9. The second kappa shape index (κ2) is 30.9. The average molecular weight is 1580 g/mol. The third kappa shape index (κ3) is 12.9. The van der Waals surface area contributed by atoms with E-state index in [2.05, 4.69) is 392 Å². The standard InChI is InChI=1S/2C32H20N2.2C26H16N2/c1-3-11-24-21(8-1)10-7-14-26(24)29-19-17-23(20-33-29)32-28-18-16-22-9-2-4-12-25(22)31(28)27-13-5-6-15-30(27)34-32;1-3-11-24-21(8-1)10-7-14-26(24)30-20-23(18-19-33-30)32-28-17-16-22-9-2-4-12-25(22)31(28)27-13-5-6-15-29(27)34-32;1-4-10-20-17(7-1)13-14-22-25(20)21-11-5-6-12-24(21)28-26(22)23-16-27-15-18-8-2-3-9-19(18)23;1-3-9-20-17(7-1)13-14-22-25(20)21-10-4-6-12-24(21)28-26(22)19-15-18-8-2-5-11-23(18)27-16-19/h2*1-20H;2*1-16H. The van der Waals surface area contributed by atoms with Crippen LogP contribution in [-0.2, 0) is 0 Å². The summed E-state index contributed by atoms with van der Waals surface area (Å²) in [6.45, 7) is 0. The normalized spacial score (nSPS) is 11.5. The van der Waals surface area contributed by atoms with Crippen LogP contribution in [0.15, 0.2) is 437 Å². The van der Waals surface area contributed by atoms with Gasteiger partial charge in [0.15, 0.2) is 0 Å². The van der Waals surface area contributed by atoms with Crippen LogP contribution in [0.5, 0.6) is 0 Å². The maximum absolute atomic E-state index is 5.15. The van der Waals surface area contributed by atoms with Gasteiger partial charge in [0, 0.05) is 140 Å². The van der Waals surface area contributed by atoms with Crippen molar-refractivity contribution in [3.05, 3.63) is 437 Å². The molecule has 8 aromatic heterocycles. The third-order valence-electron chi connectivity index (χ3n) is 24.3. The smallest absolute Gasteiger partial charge is 0.0810 e. The lowest BCUT2D eigenvalue weighted by atomic mass is 9.94. The minimum Gasteiger partial charge on any atom is -0.263 e. The summed E-state index contributed by atoms with van der Waals surface area (Å²) >= 11 is 0. The van der Waals surface area contributed by atoms with Crippen molar-refractivity contribution in [1.82, 2.24) is 39.9 Å². The van der Waals surface area contributed by atoms with Gasteiger partial charge in [-0.15, -0.1) is 0 Å². The van der Waals surface area contributed by atoms with E-state index >= 15 is 0 Å². The fourth-order valence-electron chi connectivity index (χ4n) is 18.6. The van der Waals surface area contributed by atoms with E-state index in [0.717, 1.165) is 127 Å². The van der Waals surface area contributed by atoms with Crippen molar-refractivity contribution in [2.45, 2.75) is 0 Å². The van der Waals surface area contributed by atoms with Crippen molar-refractivity contribution in [2.24, 2.45) is 0 Å². The Morgan fingerprint density at radius 3 is 0.927 bits per heavy atom. The largest absolute Gasteiger partial charge is 0.263 e. The zero-order valence-corrected chi connectivity index (χ0v) is 67.1. The van der Waals surface area contributed by atoms with Crippen molar-refractivity contribution < 1.29 is 0 Å². The fraction of sp³-hybridized carbons (Fsp3) is 0. The molecular formula is C116H72N8. The second-order valence-corrected chi connectivity index (χ2v) is 31.5. The maximum atomic E-state index is 5.15. The van der Waals surface area contributed by atoms with Gasteiger partial charge in [0.05, 0.1) is 61.7 Å². The molecule has 0 fully saturated rings. The highest BCUT2D eigenvalue weighted by molar-refractivity contribution is 6.27. The van der Waals surface area contributed by atoms with E-state index in [4.69, 9.17) is 29.9 Å². The van der Waals surface area contributed by atoms with Crippen LogP contribution < -0.4 is 0 Å². The van der Waals surface area contributed by atoms with Crippen LogP contribution in [0.3, 0.4) is 0 Å². The number of fused-ring (bicyclic) bond motifs is 24. The van der Waals surface area contributed by atoms with Crippen LogP contribution in [0.2, 0.25) is 0 Å². The van der Waals surface area contributed by atoms with Gasteiger partial charge < -0.3 is 0 Å². The average Bonchev–Trinajstić information content (AvgIpc) is 0.756. The Hall–Kier alpha value is -16.7. The Labute approximate surface area is 713 Å². The molecule has 576 valence electrons. The predicted octanol–water partition coefficient (Wildman–Crippen LogP) is 30.4. The van der Waals surface area contributed by atoms with Gasteiger partial charge >= 0.3 is 0 Å². The van der Waals surface area contributed by atoms with Gasteiger partial charge in [-0.25, -0.2) is 19.9 Å². The molecule has 0 spiro atoms. The number of aromatic nitrogens is 8. The van der Waals surface area contributed by atoms with Gasteiger partial charge in [0.2, 0.25) is 0 Å². The molecule has 0 radical (unpaired) electrons. The van der Waals surface area contributed by atoms with Crippen molar-refractivity contribution in [1.29, 1.82) is 0 Å². The molecule has 0 aliphatic rings. The van der Waals surface area contributed by atoms with E-state index in [1.165, 1.54) is 113 Å². The summed E-state index contributed by atoms with van der Waals surface area (Å²) in [6.07, 6.45) is 9.65. The van der Waals surface area contributed by atoms with Crippen LogP contribution in [-0.4, -0.2) is 39.9 Å². The first-order chi connectivity index (χ1) is 61.5. The van der Waals surface area contributed by atoms with Gasteiger partial charge in [0.1, 0.15) is 0 Å². The molecule has 0 aliphatic carbocycles. The summed E-state index contributed by atoms with van der Waals surface area (Å²) in [5.41, 5.74) is 17.4. The summed E-state index contributed by atoms with van der Waals surface area (Å²) in [4.78, 5) is 39.2. The lowest BCUT2D eigenvalue weighted by molar-refractivity contribution is 1.31. The van der Waals surface area contributed by atoms with E-state index in [1.54, 1.807) is 0 Å². The molecular weight excluding hydrogens is 1510 g/mol. The lowest BCUT2D eigenvalue weighted by Crippen LogP contribution is -1.92. The van der Waals surface area contributed by atoms with Gasteiger partial charge in [-0.3, -0.25) is 19.9 Å².